The average molecular weight is 285 g/mol. The van der Waals surface area contributed by atoms with Crippen molar-refractivity contribution < 1.29 is 14.4 Å². The van der Waals surface area contributed by atoms with E-state index in [1.807, 2.05) is 6.92 Å². The van der Waals surface area contributed by atoms with E-state index in [0.717, 1.165) is 0 Å². The summed E-state index contributed by atoms with van der Waals surface area (Å²) in [6.45, 7) is 2.38. The van der Waals surface area contributed by atoms with Crippen LogP contribution in [0.5, 0.6) is 5.75 Å². The lowest BCUT2D eigenvalue weighted by Crippen LogP contribution is -2.16. The molecule has 0 radical (unpaired) electrons. The van der Waals surface area contributed by atoms with Gasteiger partial charge in [0, 0.05) is 6.20 Å². The molecule has 0 aliphatic heterocycles. The molecule has 1 heterocycles. The predicted octanol–water partition coefficient (Wildman–Crippen LogP) is 1.96. The Morgan fingerprint density at radius 2 is 2.14 bits per heavy atom. The molecule has 0 aliphatic rings. The first kappa shape index (κ1) is 14.5. The van der Waals surface area contributed by atoms with Gasteiger partial charge in [-0.1, -0.05) is 17.3 Å². The first-order chi connectivity index (χ1) is 10.2. The van der Waals surface area contributed by atoms with Gasteiger partial charge in [0.1, 0.15) is 11.4 Å². The fourth-order valence-corrected chi connectivity index (χ4v) is 1.58. The molecule has 0 aliphatic carbocycles. The van der Waals surface area contributed by atoms with E-state index in [4.69, 9.17) is 15.3 Å². The van der Waals surface area contributed by atoms with Crippen LogP contribution < -0.4 is 10.5 Å². The number of oxime groups is 1. The maximum Gasteiger partial charge on any atom is 0.365 e. The van der Waals surface area contributed by atoms with Crippen molar-refractivity contribution in [2.24, 2.45) is 10.9 Å². The van der Waals surface area contributed by atoms with E-state index in [1.54, 1.807) is 48.7 Å². The average Bonchev–Trinajstić information content (AvgIpc) is 2.53. The van der Waals surface area contributed by atoms with Gasteiger partial charge in [-0.3, -0.25) is 4.98 Å². The Hall–Kier alpha value is -2.89. The molecule has 0 saturated heterocycles. The summed E-state index contributed by atoms with van der Waals surface area (Å²) in [7, 11) is 0. The number of aromatic nitrogens is 1. The van der Waals surface area contributed by atoms with Crippen molar-refractivity contribution in [2.75, 3.05) is 6.61 Å². The van der Waals surface area contributed by atoms with Crippen LogP contribution in [0.4, 0.5) is 0 Å². The van der Waals surface area contributed by atoms with Crippen molar-refractivity contribution in [2.45, 2.75) is 6.92 Å². The lowest BCUT2D eigenvalue weighted by atomic mass is 10.2. The monoisotopic (exact) mass is 285 g/mol. The number of carbonyl (C=O) groups excluding carboxylic acids is 1. The van der Waals surface area contributed by atoms with E-state index < -0.39 is 5.97 Å². The molecular weight excluding hydrogens is 270 g/mol. The number of nitrogens with two attached hydrogens (primary N) is 1. The molecule has 6 heteroatoms. The summed E-state index contributed by atoms with van der Waals surface area (Å²) in [5.74, 6) is 0.00831. The molecule has 2 rings (SSSR count). The van der Waals surface area contributed by atoms with E-state index >= 15 is 0 Å². The zero-order valence-electron chi connectivity index (χ0n) is 11.5. The minimum Gasteiger partial charge on any atom is -0.494 e. The number of amidine groups is 1. The standard InChI is InChI=1S/C15H15N3O3/c1-2-20-12-7-5-6-11(10-12)15(19)21-18-14(16)13-8-3-4-9-17-13/h3-10H,2H2,1H3,(H2,16,18). The highest BCUT2D eigenvalue weighted by molar-refractivity contribution is 5.96. The van der Waals surface area contributed by atoms with Crippen molar-refractivity contribution in [3.05, 3.63) is 59.9 Å². The molecule has 0 spiro atoms. The van der Waals surface area contributed by atoms with Crippen LogP contribution in [0.2, 0.25) is 0 Å². The van der Waals surface area contributed by atoms with Gasteiger partial charge in [0.05, 0.1) is 12.2 Å². The largest absolute Gasteiger partial charge is 0.494 e. The molecule has 0 saturated carbocycles. The fourth-order valence-electron chi connectivity index (χ4n) is 1.58. The van der Waals surface area contributed by atoms with Crippen LogP contribution in [0, 0.1) is 0 Å². The van der Waals surface area contributed by atoms with Crippen molar-refractivity contribution in [1.82, 2.24) is 4.98 Å². The quantitative estimate of drug-likeness (QED) is 0.393. The van der Waals surface area contributed by atoms with Crippen LogP contribution in [0.1, 0.15) is 23.0 Å². The highest BCUT2D eigenvalue weighted by atomic mass is 16.7. The fraction of sp³-hybridized carbons (Fsp3) is 0.133. The molecule has 1 aromatic carbocycles. The van der Waals surface area contributed by atoms with E-state index in [2.05, 4.69) is 10.1 Å². The molecule has 0 unspecified atom stereocenters. The number of benzene rings is 1. The zero-order chi connectivity index (χ0) is 15.1. The third kappa shape index (κ3) is 4.04. The van der Waals surface area contributed by atoms with Crippen LogP contribution in [-0.2, 0) is 4.84 Å². The first-order valence-corrected chi connectivity index (χ1v) is 6.39. The molecule has 21 heavy (non-hydrogen) atoms. The summed E-state index contributed by atoms with van der Waals surface area (Å²) in [5.41, 5.74) is 6.45. The highest BCUT2D eigenvalue weighted by Crippen LogP contribution is 2.14. The van der Waals surface area contributed by atoms with Gasteiger partial charge in [-0.2, -0.15) is 0 Å². The maximum atomic E-state index is 11.9. The van der Waals surface area contributed by atoms with Gasteiger partial charge < -0.3 is 15.3 Å². The van der Waals surface area contributed by atoms with E-state index in [-0.39, 0.29) is 5.84 Å². The molecule has 0 bridgehead atoms. The van der Waals surface area contributed by atoms with Crippen LogP contribution in [-0.4, -0.2) is 23.4 Å². The van der Waals surface area contributed by atoms with Crippen molar-refractivity contribution in [3.63, 3.8) is 0 Å². The van der Waals surface area contributed by atoms with Crippen molar-refractivity contribution in [3.8, 4) is 5.75 Å². The maximum absolute atomic E-state index is 11.9. The molecule has 0 fully saturated rings. The van der Waals surface area contributed by atoms with Crippen molar-refractivity contribution >= 4 is 11.8 Å². The summed E-state index contributed by atoms with van der Waals surface area (Å²) < 4.78 is 5.31. The van der Waals surface area contributed by atoms with Gasteiger partial charge in [-0.05, 0) is 37.3 Å². The molecule has 1 aromatic heterocycles. The van der Waals surface area contributed by atoms with Crippen LogP contribution in [0.3, 0.4) is 0 Å². The van der Waals surface area contributed by atoms with Gasteiger partial charge in [0.15, 0.2) is 5.84 Å². The summed E-state index contributed by atoms with van der Waals surface area (Å²) >= 11 is 0. The molecule has 6 nitrogen and oxygen atoms in total. The lowest BCUT2D eigenvalue weighted by Gasteiger charge is -2.04. The number of pyridine rings is 1. The lowest BCUT2D eigenvalue weighted by molar-refractivity contribution is 0.0515. The van der Waals surface area contributed by atoms with Crippen LogP contribution in [0.15, 0.2) is 53.8 Å². The van der Waals surface area contributed by atoms with Gasteiger partial charge in [-0.15, -0.1) is 0 Å². The summed E-state index contributed by atoms with van der Waals surface area (Å²) in [6, 6.07) is 11.8. The minimum atomic E-state index is -0.615. The van der Waals surface area contributed by atoms with Gasteiger partial charge in [0.2, 0.25) is 0 Å². The van der Waals surface area contributed by atoms with E-state index in [9.17, 15) is 4.79 Å². The second-order valence-electron chi connectivity index (χ2n) is 4.03. The Kier molecular flexibility index (Phi) is 4.87. The smallest absolute Gasteiger partial charge is 0.365 e. The number of nitrogens with zero attached hydrogens (tertiary/aromatic N) is 2. The summed E-state index contributed by atoms with van der Waals surface area (Å²) in [5, 5.41) is 3.59. The van der Waals surface area contributed by atoms with Crippen LogP contribution in [0.25, 0.3) is 0 Å². The Labute approximate surface area is 122 Å². The van der Waals surface area contributed by atoms with E-state index in [0.29, 0.717) is 23.6 Å². The molecule has 2 aromatic rings. The summed E-state index contributed by atoms with van der Waals surface area (Å²) in [4.78, 5) is 20.7. The number of carbonyl (C=O) groups is 1. The second kappa shape index (κ2) is 7.04. The van der Waals surface area contributed by atoms with Gasteiger partial charge >= 0.3 is 5.97 Å². The topological polar surface area (TPSA) is 86.8 Å². The third-order valence-electron chi connectivity index (χ3n) is 2.53. The number of rotatable bonds is 5. The minimum absolute atomic E-state index is 0.0323. The van der Waals surface area contributed by atoms with Gasteiger partial charge in [-0.25, -0.2) is 4.79 Å². The van der Waals surface area contributed by atoms with Crippen molar-refractivity contribution in [1.29, 1.82) is 0 Å². The van der Waals surface area contributed by atoms with E-state index in [1.165, 1.54) is 0 Å². The Bertz CT molecular complexity index is 642. The molecule has 0 atom stereocenters. The predicted molar refractivity (Wildman–Crippen MR) is 78.0 cm³/mol. The SMILES string of the molecule is CCOc1cccc(C(=O)O/N=C(\N)c2ccccn2)c1. The highest BCUT2D eigenvalue weighted by Gasteiger charge is 2.09. The Balaban J connectivity index is 2.06. The zero-order valence-corrected chi connectivity index (χ0v) is 11.5. The van der Waals surface area contributed by atoms with Gasteiger partial charge in [0.25, 0.3) is 0 Å². The number of hydrogen-bond acceptors (Lipinski definition) is 5. The van der Waals surface area contributed by atoms with Crippen LogP contribution >= 0.6 is 0 Å². The number of hydrogen-bond donors (Lipinski definition) is 1. The molecule has 2 N–H and O–H groups in total. The normalized spacial score (nSPS) is 11.0. The summed E-state index contributed by atoms with van der Waals surface area (Å²) in [6.07, 6.45) is 1.57. The second-order valence-corrected chi connectivity index (χ2v) is 4.03. The Morgan fingerprint density at radius 1 is 1.29 bits per heavy atom. The third-order valence-corrected chi connectivity index (χ3v) is 2.53. The first-order valence-electron chi connectivity index (χ1n) is 6.39. The number of ether oxygens (including phenoxy) is 1. The molecular formula is C15H15N3O3. The molecule has 108 valence electrons. The molecule has 0 amide bonds. The Morgan fingerprint density at radius 3 is 2.86 bits per heavy atom.